The molecule has 1 aromatic carbocycles. The minimum atomic E-state index is -0.688. The molecule has 0 bridgehead atoms. The van der Waals surface area contributed by atoms with Crippen LogP contribution in [0.3, 0.4) is 0 Å². The van der Waals surface area contributed by atoms with Crippen LogP contribution in [-0.4, -0.2) is 54.9 Å². The Morgan fingerprint density at radius 3 is 2.41 bits per heavy atom. The van der Waals surface area contributed by atoms with E-state index in [1.807, 2.05) is 30.3 Å². The van der Waals surface area contributed by atoms with Crippen LogP contribution in [0.1, 0.15) is 26.3 Å². The number of carbonyl (C=O) groups is 3. The first-order valence-electron chi connectivity index (χ1n) is 8.72. The quantitative estimate of drug-likeness (QED) is 0.638. The van der Waals surface area contributed by atoms with Crippen molar-refractivity contribution in [2.45, 2.75) is 39.0 Å². The molecule has 2 rings (SSSR count). The zero-order valence-corrected chi connectivity index (χ0v) is 16.1. The van der Waals surface area contributed by atoms with Crippen molar-refractivity contribution in [1.82, 2.24) is 10.2 Å². The maximum absolute atomic E-state index is 12.3. The van der Waals surface area contributed by atoms with Crippen molar-refractivity contribution in [3.8, 4) is 0 Å². The highest BCUT2D eigenvalue weighted by Crippen LogP contribution is 2.21. The summed E-state index contributed by atoms with van der Waals surface area (Å²) in [5, 5.41) is 2.65. The predicted octanol–water partition coefficient (Wildman–Crippen LogP) is 2.32. The van der Waals surface area contributed by atoms with Gasteiger partial charge in [-0.1, -0.05) is 30.3 Å². The van der Waals surface area contributed by atoms with E-state index in [2.05, 4.69) is 5.32 Å². The highest BCUT2D eigenvalue weighted by Gasteiger charge is 2.42. The van der Waals surface area contributed by atoms with E-state index in [1.54, 1.807) is 20.8 Å². The van der Waals surface area contributed by atoms with Gasteiger partial charge >= 0.3 is 18.2 Å². The second kappa shape index (κ2) is 8.75. The number of carbonyl (C=O) groups excluding carboxylic acids is 3. The Morgan fingerprint density at radius 2 is 1.81 bits per heavy atom. The van der Waals surface area contributed by atoms with E-state index in [4.69, 9.17) is 14.2 Å². The van der Waals surface area contributed by atoms with E-state index in [0.29, 0.717) is 0 Å². The molecule has 0 aromatic heterocycles. The van der Waals surface area contributed by atoms with E-state index in [0.717, 1.165) is 5.56 Å². The van der Waals surface area contributed by atoms with E-state index >= 15 is 0 Å². The third kappa shape index (κ3) is 6.16. The Kier molecular flexibility index (Phi) is 6.65. The molecule has 2 atom stereocenters. The molecule has 1 aromatic rings. The summed E-state index contributed by atoms with van der Waals surface area (Å²) >= 11 is 0. The van der Waals surface area contributed by atoms with Gasteiger partial charge in [0.05, 0.1) is 19.1 Å². The summed E-state index contributed by atoms with van der Waals surface area (Å²) < 4.78 is 15.3. The molecule has 0 spiro atoms. The minimum absolute atomic E-state index is 0.102. The standard InChI is InChI=1S/C19H26N2O6/c1-19(2,3)27-18(24)21-10-14(16(22)25-4)15(11-21)20-17(23)26-12-13-8-6-5-7-9-13/h5-9,14-15H,10-12H2,1-4H3,(H,20,23)/t14-,15+/m0/s1. The van der Waals surface area contributed by atoms with Gasteiger partial charge in [0.15, 0.2) is 0 Å². The summed E-state index contributed by atoms with van der Waals surface area (Å²) in [5.41, 5.74) is 0.191. The molecule has 2 amide bonds. The van der Waals surface area contributed by atoms with Crippen molar-refractivity contribution in [3.63, 3.8) is 0 Å². The van der Waals surface area contributed by atoms with Crippen molar-refractivity contribution in [1.29, 1.82) is 0 Å². The normalized spacial score (nSPS) is 19.3. The van der Waals surface area contributed by atoms with Crippen molar-refractivity contribution in [2.75, 3.05) is 20.2 Å². The number of amides is 2. The Labute approximate surface area is 158 Å². The van der Waals surface area contributed by atoms with Crippen LogP contribution in [0.2, 0.25) is 0 Å². The molecule has 1 fully saturated rings. The SMILES string of the molecule is COC(=O)[C@H]1CN(C(=O)OC(C)(C)C)C[C@H]1NC(=O)OCc1ccccc1. The molecule has 8 nitrogen and oxygen atoms in total. The van der Waals surface area contributed by atoms with Gasteiger partial charge in [0.1, 0.15) is 12.2 Å². The number of hydrogen-bond donors (Lipinski definition) is 1. The number of benzene rings is 1. The Morgan fingerprint density at radius 1 is 1.15 bits per heavy atom. The van der Waals surface area contributed by atoms with Crippen LogP contribution in [0.4, 0.5) is 9.59 Å². The Hall–Kier alpha value is -2.77. The first-order valence-corrected chi connectivity index (χ1v) is 8.72. The molecule has 1 heterocycles. The van der Waals surface area contributed by atoms with Crippen LogP contribution in [0, 0.1) is 5.92 Å². The maximum Gasteiger partial charge on any atom is 0.410 e. The number of nitrogens with zero attached hydrogens (tertiary/aromatic N) is 1. The van der Waals surface area contributed by atoms with Gasteiger partial charge in [-0.15, -0.1) is 0 Å². The molecule has 1 aliphatic rings. The fourth-order valence-corrected chi connectivity index (χ4v) is 2.73. The number of methoxy groups -OCH3 is 1. The molecule has 1 aliphatic heterocycles. The van der Waals surface area contributed by atoms with Crippen LogP contribution in [0.15, 0.2) is 30.3 Å². The van der Waals surface area contributed by atoms with E-state index in [-0.39, 0.29) is 19.7 Å². The third-order valence-electron chi connectivity index (χ3n) is 3.99. The van der Waals surface area contributed by atoms with Gasteiger partial charge in [-0.25, -0.2) is 9.59 Å². The maximum atomic E-state index is 12.3. The largest absolute Gasteiger partial charge is 0.469 e. The molecule has 0 aliphatic carbocycles. The highest BCUT2D eigenvalue weighted by molar-refractivity contribution is 5.78. The fraction of sp³-hybridized carbons (Fsp3) is 0.526. The molecule has 148 valence electrons. The van der Waals surface area contributed by atoms with Crippen LogP contribution in [0.25, 0.3) is 0 Å². The molecule has 8 heteroatoms. The first-order chi connectivity index (χ1) is 12.7. The Bertz CT molecular complexity index is 671. The second-order valence-electron chi connectivity index (χ2n) is 7.33. The number of alkyl carbamates (subject to hydrolysis) is 1. The van der Waals surface area contributed by atoms with E-state index in [9.17, 15) is 14.4 Å². The third-order valence-corrected chi connectivity index (χ3v) is 3.99. The number of rotatable bonds is 4. The van der Waals surface area contributed by atoms with Gasteiger partial charge in [-0.2, -0.15) is 0 Å². The van der Waals surface area contributed by atoms with Crippen molar-refractivity contribution >= 4 is 18.2 Å². The van der Waals surface area contributed by atoms with Gasteiger partial charge < -0.3 is 24.4 Å². The molecule has 0 radical (unpaired) electrons. The summed E-state index contributed by atoms with van der Waals surface area (Å²) in [6.45, 7) is 5.62. The molecule has 27 heavy (non-hydrogen) atoms. The van der Waals surface area contributed by atoms with E-state index in [1.165, 1.54) is 12.0 Å². The molecule has 0 saturated carbocycles. The monoisotopic (exact) mass is 378 g/mol. The summed E-state index contributed by atoms with van der Waals surface area (Å²) in [5.74, 6) is -1.19. The average Bonchev–Trinajstić information content (AvgIpc) is 3.03. The summed E-state index contributed by atoms with van der Waals surface area (Å²) in [6.07, 6.45) is -1.21. The molecular weight excluding hydrogens is 352 g/mol. The van der Waals surface area contributed by atoms with Gasteiger partial charge in [-0.05, 0) is 26.3 Å². The zero-order chi connectivity index (χ0) is 20.0. The van der Waals surface area contributed by atoms with Gasteiger partial charge in [0.25, 0.3) is 0 Å². The summed E-state index contributed by atoms with van der Waals surface area (Å²) in [6, 6.07) is 8.62. The zero-order valence-electron chi connectivity index (χ0n) is 16.1. The fourth-order valence-electron chi connectivity index (χ4n) is 2.73. The Balaban J connectivity index is 1.96. The van der Waals surface area contributed by atoms with Crippen molar-refractivity contribution in [3.05, 3.63) is 35.9 Å². The first kappa shape index (κ1) is 20.5. The molecule has 1 N–H and O–H groups in total. The van der Waals surface area contributed by atoms with E-state index < -0.39 is 35.7 Å². The smallest absolute Gasteiger partial charge is 0.410 e. The topological polar surface area (TPSA) is 94.2 Å². The lowest BCUT2D eigenvalue weighted by atomic mass is 10.0. The van der Waals surface area contributed by atoms with Gasteiger partial charge in [0.2, 0.25) is 0 Å². The van der Waals surface area contributed by atoms with Crippen LogP contribution in [-0.2, 0) is 25.6 Å². The predicted molar refractivity (Wildman–Crippen MR) is 96.9 cm³/mol. The van der Waals surface area contributed by atoms with Crippen LogP contribution < -0.4 is 5.32 Å². The van der Waals surface area contributed by atoms with Crippen LogP contribution >= 0.6 is 0 Å². The molecule has 1 saturated heterocycles. The highest BCUT2D eigenvalue weighted by atomic mass is 16.6. The number of esters is 1. The van der Waals surface area contributed by atoms with Gasteiger partial charge in [0, 0.05) is 13.1 Å². The minimum Gasteiger partial charge on any atom is -0.469 e. The lowest BCUT2D eigenvalue weighted by molar-refractivity contribution is -0.145. The van der Waals surface area contributed by atoms with Crippen LogP contribution in [0.5, 0.6) is 0 Å². The number of likely N-dealkylation sites (tertiary alicyclic amines) is 1. The number of hydrogen-bond acceptors (Lipinski definition) is 6. The lowest BCUT2D eigenvalue weighted by Gasteiger charge is -2.24. The molecular formula is C19H26N2O6. The number of ether oxygens (including phenoxy) is 3. The summed E-state index contributed by atoms with van der Waals surface area (Å²) in [7, 11) is 1.27. The summed E-state index contributed by atoms with van der Waals surface area (Å²) in [4.78, 5) is 37.8. The number of nitrogens with one attached hydrogen (secondary N) is 1. The van der Waals surface area contributed by atoms with Crippen molar-refractivity contribution < 1.29 is 28.6 Å². The second-order valence-corrected chi connectivity index (χ2v) is 7.33. The lowest BCUT2D eigenvalue weighted by Crippen LogP contribution is -2.43. The van der Waals surface area contributed by atoms with Gasteiger partial charge in [-0.3, -0.25) is 4.79 Å². The van der Waals surface area contributed by atoms with Crippen molar-refractivity contribution in [2.24, 2.45) is 5.92 Å². The average molecular weight is 378 g/mol. The molecule has 0 unspecified atom stereocenters.